The fourth-order valence-corrected chi connectivity index (χ4v) is 3.98. The van der Waals surface area contributed by atoms with Crippen LogP contribution in [-0.2, 0) is 0 Å². The number of hydrogen-bond donors (Lipinski definition) is 0. The molecular formula is C20H16N4O2S. The number of aryl methyl sites for hydroxylation is 1. The zero-order chi connectivity index (χ0) is 18.4. The van der Waals surface area contributed by atoms with E-state index in [-0.39, 0.29) is 0 Å². The summed E-state index contributed by atoms with van der Waals surface area (Å²) in [5, 5.41) is 15.3. The maximum absolute atomic E-state index is 6.04. The summed E-state index contributed by atoms with van der Waals surface area (Å²) in [6.07, 6.45) is 0. The Morgan fingerprint density at radius 1 is 1.11 bits per heavy atom. The Kier molecular flexibility index (Phi) is 3.68. The Bertz CT molecular complexity index is 1270. The van der Waals surface area contributed by atoms with Gasteiger partial charge in [0.15, 0.2) is 5.76 Å². The first-order chi connectivity index (χ1) is 13.2. The van der Waals surface area contributed by atoms with E-state index in [1.165, 1.54) is 11.3 Å². The third kappa shape index (κ3) is 2.59. The molecule has 0 fully saturated rings. The molecule has 0 aliphatic rings. The minimum absolute atomic E-state index is 0.613. The molecular weight excluding hydrogens is 360 g/mol. The van der Waals surface area contributed by atoms with Gasteiger partial charge in [-0.3, -0.25) is 0 Å². The van der Waals surface area contributed by atoms with Crippen molar-refractivity contribution >= 4 is 27.3 Å². The second-order valence-electron chi connectivity index (χ2n) is 6.14. The largest absolute Gasteiger partial charge is 0.494 e. The molecule has 0 aliphatic heterocycles. The van der Waals surface area contributed by atoms with E-state index in [9.17, 15) is 0 Å². The molecule has 3 aromatic heterocycles. The molecule has 0 saturated carbocycles. The SMILES string of the molecule is CCOc1cccc(-c2nn3c(-c4oc5ccccc5c4C)nnc3s2)c1. The Morgan fingerprint density at radius 2 is 2.00 bits per heavy atom. The summed E-state index contributed by atoms with van der Waals surface area (Å²) in [6.45, 7) is 4.63. The predicted octanol–water partition coefficient (Wildman–Crippen LogP) is 4.97. The summed E-state index contributed by atoms with van der Waals surface area (Å²) < 4.78 is 13.4. The lowest BCUT2D eigenvalue weighted by Gasteiger charge is -2.03. The standard InChI is InChI=1S/C20H16N4O2S/c1-3-25-14-8-6-7-13(11-14)19-23-24-18(21-22-20(24)27-19)17-12(2)15-9-4-5-10-16(15)26-17/h4-11H,3H2,1-2H3. The van der Waals surface area contributed by atoms with Crippen molar-refractivity contribution in [3.05, 3.63) is 54.1 Å². The molecule has 5 rings (SSSR count). The molecule has 3 heterocycles. The molecule has 7 heteroatoms. The number of hydrogen-bond acceptors (Lipinski definition) is 6. The van der Waals surface area contributed by atoms with Crippen LogP contribution in [0.3, 0.4) is 0 Å². The number of fused-ring (bicyclic) bond motifs is 2. The topological polar surface area (TPSA) is 65.5 Å². The maximum Gasteiger partial charge on any atom is 0.235 e. The molecule has 2 aromatic carbocycles. The zero-order valence-corrected chi connectivity index (χ0v) is 15.7. The summed E-state index contributed by atoms with van der Waals surface area (Å²) in [4.78, 5) is 0.724. The molecule has 0 unspecified atom stereocenters. The van der Waals surface area contributed by atoms with E-state index in [1.54, 1.807) is 4.52 Å². The number of furan rings is 1. The van der Waals surface area contributed by atoms with Gasteiger partial charge in [-0.25, -0.2) is 0 Å². The summed E-state index contributed by atoms with van der Waals surface area (Å²) in [6, 6.07) is 15.9. The van der Waals surface area contributed by atoms with Gasteiger partial charge in [-0.1, -0.05) is 41.7 Å². The zero-order valence-electron chi connectivity index (χ0n) is 14.8. The van der Waals surface area contributed by atoms with E-state index in [0.717, 1.165) is 37.8 Å². The van der Waals surface area contributed by atoms with Gasteiger partial charge in [0.25, 0.3) is 0 Å². The van der Waals surface area contributed by atoms with Gasteiger partial charge in [-0.05, 0) is 32.0 Å². The Morgan fingerprint density at radius 3 is 2.85 bits per heavy atom. The van der Waals surface area contributed by atoms with Gasteiger partial charge in [0, 0.05) is 16.5 Å². The lowest BCUT2D eigenvalue weighted by molar-refractivity contribution is 0.340. The van der Waals surface area contributed by atoms with Crippen molar-refractivity contribution in [2.45, 2.75) is 13.8 Å². The molecule has 0 aliphatic carbocycles. The maximum atomic E-state index is 6.04. The molecule has 0 atom stereocenters. The number of benzene rings is 2. The van der Waals surface area contributed by atoms with Gasteiger partial charge >= 0.3 is 0 Å². The van der Waals surface area contributed by atoms with E-state index in [4.69, 9.17) is 14.3 Å². The van der Waals surface area contributed by atoms with Crippen molar-refractivity contribution in [1.82, 2.24) is 19.8 Å². The summed E-state index contributed by atoms with van der Waals surface area (Å²) >= 11 is 1.49. The highest BCUT2D eigenvalue weighted by atomic mass is 32.1. The first kappa shape index (κ1) is 16.0. The average molecular weight is 376 g/mol. The fraction of sp³-hybridized carbons (Fsp3) is 0.150. The smallest absolute Gasteiger partial charge is 0.235 e. The van der Waals surface area contributed by atoms with Crippen molar-refractivity contribution in [1.29, 1.82) is 0 Å². The first-order valence-electron chi connectivity index (χ1n) is 8.68. The number of nitrogens with zero attached hydrogens (tertiary/aromatic N) is 4. The molecule has 6 nitrogen and oxygen atoms in total. The van der Waals surface area contributed by atoms with Crippen LogP contribution < -0.4 is 4.74 Å². The normalized spacial score (nSPS) is 11.5. The quantitative estimate of drug-likeness (QED) is 0.443. The summed E-state index contributed by atoms with van der Waals surface area (Å²) in [5.41, 5.74) is 2.86. The van der Waals surface area contributed by atoms with Crippen LogP contribution in [0.2, 0.25) is 0 Å². The van der Waals surface area contributed by atoms with E-state index in [1.807, 2.05) is 62.4 Å². The Hall–Kier alpha value is -3.19. The molecule has 0 N–H and O–H groups in total. The van der Waals surface area contributed by atoms with Crippen LogP contribution in [0.15, 0.2) is 52.9 Å². The van der Waals surface area contributed by atoms with E-state index in [2.05, 4.69) is 10.2 Å². The van der Waals surface area contributed by atoms with Gasteiger partial charge in [-0.15, -0.1) is 10.2 Å². The van der Waals surface area contributed by atoms with Crippen LogP contribution in [0, 0.1) is 6.92 Å². The molecule has 0 spiro atoms. The van der Waals surface area contributed by atoms with Crippen molar-refractivity contribution in [3.8, 4) is 27.9 Å². The number of ether oxygens (including phenoxy) is 1. The number of para-hydroxylation sites is 1. The Labute approximate surface area is 159 Å². The lowest BCUT2D eigenvalue weighted by Crippen LogP contribution is -1.92. The van der Waals surface area contributed by atoms with Crippen LogP contribution in [0.4, 0.5) is 0 Å². The first-order valence-corrected chi connectivity index (χ1v) is 9.50. The number of aromatic nitrogens is 4. The third-order valence-corrected chi connectivity index (χ3v) is 5.38. The van der Waals surface area contributed by atoms with Crippen molar-refractivity contribution < 1.29 is 9.15 Å². The monoisotopic (exact) mass is 376 g/mol. The molecule has 0 saturated heterocycles. The summed E-state index contributed by atoms with van der Waals surface area (Å²) in [5.74, 6) is 2.14. The van der Waals surface area contributed by atoms with Crippen LogP contribution in [0.25, 0.3) is 38.1 Å². The molecule has 0 amide bonds. The van der Waals surface area contributed by atoms with Crippen LogP contribution >= 0.6 is 11.3 Å². The molecule has 0 bridgehead atoms. The van der Waals surface area contributed by atoms with Gasteiger partial charge in [0.05, 0.1) is 6.61 Å². The highest BCUT2D eigenvalue weighted by Gasteiger charge is 2.20. The Balaban J connectivity index is 1.63. The van der Waals surface area contributed by atoms with Crippen molar-refractivity contribution in [2.24, 2.45) is 0 Å². The highest BCUT2D eigenvalue weighted by molar-refractivity contribution is 7.19. The average Bonchev–Trinajstić information content (AvgIpc) is 3.36. The van der Waals surface area contributed by atoms with Gasteiger partial charge in [-0.2, -0.15) is 9.61 Å². The van der Waals surface area contributed by atoms with E-state index < -0.39 is 0 Å². The fourth-order valence-electron chi connectivity index (χ4n) is 3.15. The van der Waals surface area contributed by atoms with Crippen molar-refractivity contribution in [3.63, 3.8) is 0 Å². The number of rotatable bonds is 4. The van der Waals surface area contributed by atoms with Crippen LogP contribution in [0.5, 0.6) is 5.75 Å². The van der Waals surface area contributed by atoms with E-state index >= 15 is 0 Å². The molecule has 5 aromatic rings. The third-order valence-electron chi connectivity index (χ3n) is 4.43. The van der Waals surface area contributed by atoms with Crippen LogP contribution in [-0.4, -0.2) is 26.4 Å². The minimum atomic E-state index is 0.613. The molecule has 0 radical (unpaired) electrons. The van der Waals surface area contributed by atoms with Crippen LogP contribution in [0.1, 0.15) is 12.5 Å². The van der Waals surface area contributed by atoms with Gasteiger partial charge < -0.3 is 9.15 Å². The van der Waals surface area contributed by atoms with Crippen molar-refractivity contribution in [2.75, 3.05) is 6.61 Å². The van der Waals surface area contributed by atoms with Gasteiger partial charge in [0.1, 0.15) is 16.3 Å². The summed E-state index contributed by atoms with van der Waals surface area (Å²) in [7, 11) is 0. The van der Waals surface area contributed by atoms with Gasteiger partial charge in [0.2, 0.25) is 10.8 Å². The van der Waals surface area contributed by atoms with E-state index in [0.29, 0.717) is 18.2 Å². The molecule has 134 valence electrons. The highest BCUT2D eigenvalue weighted by Crippen LogP contribution is 2.34. The predicted molar refractivity (Wildman–Crippen MR) is 105 cm³/mol. The molecule has 27 heavy (non-hydrogen) atoms. The second kappa shape index (κ2) is 6.21. The minimum Gasteiger partial charge on any atom is -0.494 e. The lowest BCUT2D eigenvalue weighted by atomic mass is 10.1. The second-order valence-corrected chi connectivity index (χ2v) is 7.09.